The molecule has 0 saturated heterocycles. The predicted octanol–water partition coefficient (Wildman–Crippen LogP) is 7.76. The van der Waals surface area contributed by atoms with Gasteiger partial charge in [-0.05, 0) is 24.1 Å². The molecule has 1 heteroatoms. The molecular weight excluding hydrogens is 314 g/mol. The third-order valence-corrected chi connectivity index (χ3v) is 5.12. The average molecular weight is 356 g/mol. The topological polar surface area (TPSA) is 12.0 Å². The lowest BCUT2D eigenvalue weighted by molar-refractivity contribution is 0.537. The summed E-state index contributed by atoms with van der Waals surface area (Å²) < 4.78 is 0. The molecule has 1 aromatic carbocycles. The molecule has 0 aliphatic rings. The van der Waals surface area contributed by atoms with E-state index in [1.807, 2.05) is 0 Å². The summed E-state index contributed by atoms with van der Waals surface area (Å²) in [6.07, 6.45) is 25.8. The van der Waals surface area contributed by atoms with E-state index >= 15 is 0 Å². The summed E-state index contributed by atoms with van der Waals surface area (Å²) >= 11 is 0. The van der Waals surface area contributed by atoms with Crippen molar-refractivity contribution in [2.24, 2.45) is 0 Å². The Kier molecular flexibility index (Phi) is 14.8. The molecule has 0 fully saturated rings. The fourth-order valence-corrected chi connectivity index (χ4v) is 3.41. The summed E-state index contributed by atoms with van der Waals surface area (Å²) in [4.78, 5) is 0. The van der Waals surface area contributed by atoms with Crippen LogP contribution in [0.25, 0.3) is 0 Å². The van der Waals surface area contributed by atoms with Gasteiger partial charge in [0.15, 0.2) is 0 Å². The van der Waals surface area contributed by atoms with Gasteiger partial charge in [0.05, 0.1) is 0 Å². The number of benzene rings is 1. The molecule has 0 bridgehead atoms. The van der Waals surface area contributed by atoms with Crippen molar-refractivity contribution in [2.45, 2.75) is 103 Å². The average Bonchev–Trinajstić information content (AvgIpc) is 2.66. The standard InChI is InChI=1S/C25H41N/c1-3-5-6-7-8-9-10-11-12-13-14-15-16-17-23-26-25-21-19-24(18-4-2)20-22-25/h2,19-22,26H,3,5-18,23H2,1H3. The van der Waals surface area contributed by atoms with E-state index in [0.29, 0.717) is 0 Å². The van der Waals surface area contributed by atoms with Gasteiger partial charge >= 0.3 is 0 Å². The zero-order chi connectivity index (χ0) is 18.7. The van der Waals surface area contributed by atoms with Crippen molar-refractivity contribution in [3.63, 3.8) is 0 Å². The number of rotatable bonds is 17. The predicted molar refractivity (Wildman–Crippen MR) is 118 cm³/mol. The van der Waals surface area contributed by atoms with E-state index in [1.165, 1.54) is 101 Å². The Morgan fingerprint density at radius 2 is 1.15 bits per heavy atom. The molecule has 0 heterocycles. The van der Waals surface area contributed by atoms with Crippen molar-refractivity contribution in [3.05, 3.63) is 29.8 Å². The summed E-state index contributed by atoms with van der Waals surface area (Å²) in [5, 5.41) is 3.51. The van der Waals surface area contributed by atoms with Gasteiger partial charge in [0.25, 0.3) is 0 Å². The molecule has 1 nitrogen and oxygen atoms in total. The molecule has 0 saturated carbocycles. The van der Waals surface area contributed by atoms with Crippen molar-refractivity contribution in [3.8, 4) is 12.3 Å². The van der Waals surface area contributed by atoms with Crippen LogP contribution in [-0.2, 0) is 6.42 Å². The molecule has 0 aromatic heterocycles. The first kappa shape index (κ1) is 22.6. The first-order valence-corrected chi connectivity index (χ1v) is 11.1. The van der Waals surface area contributed by atoms with Gasteiger partial charge in [-0.3, -0.25) is 0 Å². The van der Waals surface area contributed by atoms with Crippen LogP contribution < -0.4 is 5.32 Å². The van der Waals surface area contributed by atoms with Gasteiger partial charge < -0.3 is 5.32 Å². The van der Waals surface area contributed by atoms with E-state index in [1.54, 1.807) is 0 Å². The highest BCUT2D eigenvalue weighted by Gasteiger charge is 1.95. The largest absolute Gasteiger partial charge is 0.385 e. The number of hydrogen-bond donors (Lipinski definition) is 1. The minimum absolute atomic E-state index is 0.721. The van der Waals surface area contributed by atoms with Gasteiger partial charge in [0.1, 0.15) is 0 Å². The van der Waals surface area contributed by atoms with Crippen LogP contribution in [0.3, 0.4) is 0 Å². The van der Waals surface area contributed by atoms with Gasteiger partial charge in [0, 0.05) is 18.7 Å². The number of hydrogen-bond acceptors (Lipinski definition) is 1. The van der Waals surface area contributed by atoms with Crippen molar-refractivity contribution < 1.29 is 0 Å². The van der Waals surface area contributed by atoms with Crippen LogP contribution in [0.2, 0.25) is 0 Å². The number of terminal acetylenes is 1. The van der Waals surface area contributed by atoms with Gasteiger partial charge in [-0.25, -0.2) is 0 Å². The van der Waals surface area contributed by atoms with Crippen molar-refractivity contribution >= 4 is 5.69 Å². The fourth-order valence-electron chi connectivity index (χ4n) is 3.41. The van der Waals surface area contributed by atoms with Gasteiger partial charge in [-0.15, -0.1) is 12.3 Å². The lowest BCUT2D eigenvalue weighted by Gasteiger charge is -2.07. The van der Waals surface area contributed by atoms with Crippen LogP contribution in [0.4, 0.5) is 5.69 Å². The van der Waals surface area contributed by atoms with E-state index in [4.69, 9.17) is 6.42 Å². The molecule has 0 spiro atoms. The Morgan fingerprint density at radius 1 is 0.692 bits per heavy atom. The van der Waals surface area contributed by atoms with E-state index in [-0.39, 0.29) is 0 Å². The minimum Gasteiger partial charge on any atom is -0.385 e. The second-order valence-corrected chi connectivity index (χ2v) is 7.60. The van der Waals surface area contributed by atoms with Gasteiger partial charge in [-0.2, -0.15) is 0 Å². The highest BCUT2D eigenvalue weighted by atomic mass is 14.9. The molecule has 1 aromatic rings. The molecule has 0 atom stereocenters. The molecule has 1 N–H and O–H groups in total. The Morgan fingerprint density at radius 3 is 1.62 bits per heavy atom. The Labute approximate surface area is 163 Å². The maximum absolute atomic E-state index is 5.33. The van der Waals surface area contributed by atoms with Crippen molar-refractivity contribution in [1.29, 1.82) is 0 Å². The molecule has 26 heavy (non-hydrogen) atoms. The normalized spacial score (nSPS) is 10.6. The third-order valence-electron chi connectivity index (χ3n) is 5.12. The van der Waals surface area contributed by atoms with Crippen molar-refractivity contribution in [1.82, 2.24) is 0 Å². The van der Waals surface area contributed by atoms with Crippen LogP contribution in [0.5, 0.6) is 0 Å². The number of anilines is 1. The smallest absolute Gasteiger partial charge is 0.0340 e. The Hall–Kier alpha value is -1.42. The third kappa shape index (κ3) is 12.9. The lowest BCUT2D eigenvalue weighted by atomic mass is 10.0. The summed E-state index contributed by atoms with van der Waals surface area (Å²) in [5.41, 5.74) is 2.43. The molecule has 0 aliphatic carbocycles. The first-order chi connectivity index (χ1) is 12.9. The van der Waals surface area contributed by atoms with Gasteiger partial charge in [-0.1, -0.05) is 103 Å². The molecule has 0 radical (unpaired) electrons. The van der Waals surface area contributed by atoms with Crippen LogP contribution in [0.1, 0.15) is 102 Å². The molecule has 0 amide bonds. The highest BCUT2D eigenvalue weighted by molar-refractivity contribution is 5.44. The quantitative estimate of drug-likeness (QED) is 0.222. The van der Waals surface area contributed by atoms with E-state index in [9.17, 15) is 0 Å². The summed E-state index contributed by atoms with van der Waals surface area (Å²) in [5.74, 6) is 2.68. The molecule has 0 aliphatic heterocycles. The summed E-state index contributed by atoms with van der Waals surface area (Å²) in [7, 11) is 0. The minimum atomic E-state index is 0.721. The first-order valence-electron chi connectivity index (χ1n) is 11.1. The molecule has 0 unspecified atom stereocenters. The van der Waals surface area contributed by atoms with Crippen LogP contribution in [0, 0.1) is 12.3 Å². The van der Waals surface area contributed by atoms with E-state index in [2.05, 4.69) is 42.4 Å². The van der Waals surface area contributed by atoms with Crippen molar-refractivity contribution in [2.75, 3.05) is 11.9 Å². The van der Waals surface area contributed by atoms with E-state index < -0.39 is 0 Å². The SMILES string of the molecule is C#CCc1ccc(NCCCCCCCCCCCCCCCC)cc1. The van der Waals surface area contributed by atoms with Crippen LogP contribution in [0.15, 0.2) is 24.3 Å². The van der Waals surface area contributed by atoms with Crippen LogP contribution >= 0.6 is 0 Å². The Balaban J connectivity index is 1.81. The summed E-state index contributed by atoms with van der Waals surface area (Å²) in [6.45, 7) is 3.36. The number of unbranched alkanes of at least 4 members (excludes halogenated alkanes) is 13. The maximum Gasteiger partial charge on any atom is 0.0340 e. The van der Waals surface area contributed by atoms with Crippen LogP contribution in [-0.4, -0.2) is 6.54 Å². The lowest BCUT2D eigenvalue weighted by Crippen LogP contribution is -2.01. The van der Waals surface area contributed by atoms with E-state index in [0.717, 1.165) is 13.0 Å². The second kappa shape index (κ2) is 17.0. The molecule has 146 valence electrons. The molecular formula is C25H41N. The Bertz CT molecular complexity index is 454. The van der Waals surface area contributed by atoms with Gasteiger partial charge in [0.2, 0.25) is 0 Å². The summed E-state index contributed by atoms with van der Waals surface area (Å²) in [6, 6.07) is 8.51. The maximum atomic E-state index is 5.33. The zero-order valence-corrected chi connectivity index (χ0v) is 17.2. The molecule has 1 rings (SSSR count). The fraction of sp³-hybridized carbons (Fsp3) is 0.680. The zero-order valence-electron chi connectivity index (χ0n) is 17.2. The number of nitrogens with one attached hydrogen (secondary N) is 1. The highest BCUT2D eigenvalue weighted by Crippen LogP contribution is 2.13. The second-order valence-electron chi connectivity index (χ2n) is 7.60. The monoisotopic (exact) mass is 355 g/mol.